The highest BCUT2D eigenvalue weighted by molar-refractivity contribution is 7.11. The van der Waals surface area contributed by atoms with Gasteiger partial charge in [0.05, 0.1) is 6.04 Å². The van der Waals surface area contributed by atoms with Gasteiger partial charge < -0.3 is 10.1 Å². The number of aromatic nitrogens is 2. The molecule has 0 amide bonds. The highest BCUT2D eigenvalue weighted by Crippen LogP contribution is 2.20. The second kappa shape index (κ2) is 6.13. The summed E-state index contributed by atoms with van der Waals surface area (Å²) in [7, 11) is 1.90. The maximum atomic E-state index is 5.80. The fourth-order valence-electron chi connectivity index (χ4n) is 1.30. The van der Waals surface area contributed by atoms with Gasteiger partial charge in [-0.15, -0.1) is 10.2 Å². The van der Waals surface area contributed by atoms with E-state index < -0.39 is 0 Å². The molecule has 1 unspecified atom stereocenters. The minimum Gasteiger partial charge on any atom is -0.486 e. The average Bonchev–Trinajstić information content (AvgIpc) is 2.86. The van der Waals surface area contributed by atoms with E-state index in [-0.39, 0.29) is 6.04 Å². The molecule has 0 aliphatic carbocycles. The van der Waals surface area contributed by atoms with Crippen molar-refractivity contribution in [1.29, 1.82) is 0 Å². The van der Waals surface area contributed by atoms with E-state index in [9.17, 15) is 0 Å². The molecular formula is C12H14ClN3OS. The Hall–Kier alpha value is -1.17. The quantitative estimate of drug-likeness (QED) is 0.916. The van der Waals surface area contributed by atoms with Gasteiger partial charge in [0.2, 0.25) is 0 Å². The van der Waals surface area contributed by atoms with Crippen molar-refractivity contribution in [3.8, 4) is 5.75 Å². The lowest BCUT2D eigenvalue weighted by atomic mass is 10.3. The number of hydrogen-bond donors (Lipinski definition) is 1. The Kier molecular flexibility index (Phi) is 4.52. The zero-order valence-electron chi connectivity index (χ0n) is 10.2. The first-order valence-corrected chi connectivity index (χ1v) is 6.76. The molecule has 1 aromatic carbocycles. The number of nitrogens with zero attached hydrogens (tertiary/aromatic N) is 2. The fraction of sp³-hybridized carbons (Fsp3) is 0.333. The summed E-state index contributed by atoms with van der Waals surface area (Å²) in [4.78, 5) is 0. The van der Waals surface area contributed by atoms with Gasteiger partial charge in [-0.2, -0.15) is 0 Å². The van der Waals surface area contributed by atoms with Crippen LogP contribution in [-0.2, 0) is 6.61 Å². The van der Waals surface area contributed by atoms with E-state index in [2.05, 4.69) is 15.5 Å². The molecule has 0 saturated heterocycles. The lowest BCUT2D eigenvalue weighted by Crippen LogP contribution is -2.11. The molecule has 0 saturated carbocycles. The minimum absolute atomic E-state index is 0.215. The summed E-state index contributed by atoms with van der Waals surface area (Å²) in [6, 6.07) is 7.48. The summed E-state index contributed by atoms with van der Waals surface area (Å²) in [6.45, 7) is 2.47. The van der Waals surface area contributed by atoms with Crippen LogP contribution in [0.5, 0.6) is 5.75 Å². The van der Waals surface area contributed by atoms with Crippen LogP contribution in [0.15, 0.2) is 24.3 Å². The van der Waals surface area contributed by atoms with Crippen LogP contribution in [0.1, 0.15) is 23.0 Å². The van der Waals surface area contributed by atoms with Gasteiger partial charge >= 0.3 is 0 Å². The number of ether oxygens (including phenoxy) is 1. The normalized spacial score (nSPS) is 12.4. The van der Waals surface area contributed by atoms with Gasteiger partial charge in [0, 0.05) is 5.02 Å². The van der Waals surface area contributed by atoms with Gasteiger partial charge in [0.25, 0.3) is 0 Å². The van der Waals surface area contributed by atoms with Crippen molar-refractivity contribution in [1.82, 2.24) is 15.5 Å². The van der Waals surface area contributed by atoms with Crippen LogP contribution in [0, 0.1) is 0 Å². The van der Waals surface area contributed by atoms with Crippen molar-refractivity contribution in [2.45, 2.75) is 19.6 Å². The Morgan fingerprint density at radius 3 is 2.72 bits per heavy atom. The van der Waals surface area contributed by atoms with Crippen LogP contribution in [0.3, 0.4) is 0 Å². The Balaban J connectivity index is 1.94. The molecule has 1 N–H and O–H groups in total. The summed E-state index contributed by atoms with van der Waals surface area (Å²) in [5.74, 6) is 0.776. The van der Waals surface area contributed by atoms with Gasteiger partial charge in [-0.05, 0) is 38.2 Å². The molecule has 96 valence electrons. The number of hydrogen-bond acceptors (Lipinski definition) is 5. The van der Waals surface area contributed by atoms with Crippen LogP contribution < -0.4 is 10.1 Å². The second-order valence-corrected chi connectivity index (χ2v) is 5.32. The van der Waals surface area contributed by atoms with Crippen molar-refractivity contribution in [3.63, 3.8) is 0 Å². The van der Waals surface area contributed by atoms with Gasteiger partial charge in [0.1, 0.15) is 17.4 Å². The first-order valence-electron chi connectivity index (χ1n) is 5.57. The van der Waals surface area contributed by atoms with Gasteiger partial charge in [-0.3, -0.25) is 0 Å². The molecule has 2 rings (SSSR count). The largest absolute Gasteiger partial charge is 0.486 e. The molecule has 0 aliphatic heterocycles. The molecule has 1 aromatic heterocycles. The topological polar surface area (TPSA) is 47.0 Å². The van der Waals surface area contributed by atoms with E-state index in [0.717, 1.165) is 15.8 Å². The lowest BCUT2D eigenvalue weighted by molar-refractivity contribution is 0.304. The average molecular weight is 284 g/mol. The number of halogens is 1. The number of rotatable bonds is 5. The summed E-state index contributed by atoms with van der Waals surface area (Å²) in [6.07, 6.45) is 0. The summed E-state index contributed by atoms with van der Waals surface area (Å²) >= 11 is 7.35. The Morgan fingerprint density at radius 1 is 1.33 bits per heavy atom. The van der Waals surface area contributed by atoms with Gasteiger partial charge in [-0.25, -0.2) is 0 Å². The first kappa shape index (κ1) is 13.3. The van der Waals surface area contributed by atoms with E-state index in [4.69, 9.17) is 16.3 Å². The SMILES string of the molecule is CNC(C)c1nnc(COc2ccc(Cl)cc2)s1. The molecule has 0 fully saturated rings. The van der Waals surface area contributed by atoms with Crippen LogP contribution in [0.25, 0.3) is 0 Å². The number of benzene rings is 1. The molecule has 0 spiro atoms. The third-order valence-corrected chi connectivity index (χ3v) is 3.79. The fourth-order valence-corrected chi connectivity index (χ4v) is 2.24. The maximum absolute atomic E-state index is 5.80. The number of nitrogens with one attached hydrogen (secondary N) is 1. The van der Waals surface area contributed by atoms with Crippen molar-refractivity contribution in [2.24, 2.45) is 0 Å². The van der Waals surface area contributed by atoms with Crippen molar-refractivity contribution in [3.05, 3.63) is 39.3 Å². The molecule has 2 aromatic rings. The van der Waals surface area contributed by atoms with Crippen molar-refractivity contribution < 1.29 is 4.74 Å². The Labute approximate surface area is 115 Å². The smallest absolute Gasteiger partial charge is 0.155 e. The van der Waals surface area contributed by atoms with Gasteiger partial charge in [-0.1, -0.05) is 22.9 Å². The van der Waals surface area contributed by atoms with E-state index in [1.165, 1.54) is 0 Å². The molecule has 0 radical (unpaired) electrons. The summed E-state index contributed by atoms with van der Waals surface area (Å²) < 4.78 is 5.60. The van der Waals surface area contributed by atoms with Gasteiger partial charge in [0.15, 0.2) is 5.01 Å². The van der Waals surface area contributed by atoms with Crippen LogP contribution >= 0.6 is 22.9 Å². The third-order valence-electron chi connectivity index (χ3n) is 2.46. The molecule has 4 nitrogen and oxygen atoms in total. The zero-order chi connectivity index (χ0) is 13.0. The predicted octanol–water partition coefficient (Wildman–Crippen LogP) is 3.05. The molecule has 1 heterocycles. The van der Waals surface area contributed by atoms with Crippen LogP contribution in [-0.4, -0.2) is 17.2 Å². The summed E-state index contributed by atoms with van der Waals surface area (Å²) in [5, 5.41) is 13.9. The molecule has 18 heavy (non-hydrogen) atoms. The maximum Gasteiger partial charge on any atom is 0.155 e. The molecule has 0 bridgehead atoms. The first-order chi connectivity index (χ1) is 8.69. The van der Waals surface area contributed by atoms with Crippen molar-refractivity contribution in [2.75, 3.05) is 7.05 Å². The third kappa shape index (κ3) is 3.41. The van der Waals surface area contributed by atoms with Crippen LogP contribution in [0.2, 0.25) is 5.02 Å². The monoisotopic (exact) mass is 283 g/mol. The summed E-state index contributed by atoms with van der Waals surface area (Å²) in [5.41, 5.74) is 0. The van der Waals surface area contributed by atoms with E-state index >= 15 is 0 Å². The standard InChI is InChI=1S/C12H14ClN3OS/c1-8(14-2)12-16-15-11(18-12)7-17-10-5-3-9(13)4-6-10/h3-6,8,14H,7H2,1-2H3. The molecule has 6 heteroatoms. The van der Waals surface area contributed by atoms with Crippen molar-refractivity contribution >= 4 is 22.9 Å². The highest BCUT2D eigenvalue weighted by atomic mass is 35.5. The van der Waals surface area contributed by atoms with E-state index in [0.29, 0.717) is 11.6 Å². The molecular weight excluding hydrogens is 270 g/mol. The van der Waals surface area contributed by atoms with Crippen LogP contribution in [0.4, 0.5) is 0 Å². The highest BCUT2D eigenvalue weighted by Gasteiger charge is 2.10. The lowest BCUT2D eigenvalue weighted by Gasteiger charge is -2.04. The molecule has 1 atom stereocenters. The molecule has 0 aliphatic rings. The Morgan fingerprint density at radius 2 is 2.06 bits per heavy atom. The second-order valence-electron chi connectivity index (χ2n) is 3.79. The minimum atomic E-state index is 0.215. The zero-order valence-corrected chi connectivity index (χ0v) is 11.8. The van der Waals surface area contributed by atoms with E-state index in [1.54, 1.807) is 23.5 Å². The predicted molar refractivity (Wildman–Crippen MR) is 73.2 cm³/mol. The van der Waals surface area contributed by atoms with E-state index in [1.807, 2.05) is 26.1 Å². The Bertz CT molecular complexity index is 500.